The molecule has 0 heterocycles. The van der Waals surface area contributed by atoms with Crippen LogP contribution in [-0.2, 0) is 14.3 Å². The number of carbonyl (C=O) groups excluding carboxylic acids is 3. The molecule has 1 aromatic rings. The number of nitrogens with one attached hydrogen (secondary N) is 2. The van der Waals surface area contributed by atoms with Gasteiger partial charge in [-0.15, -0.1) is 0 Å². The monoisotopic (exact) mass is 507 g/mol. The van der Waals surface area contributed by atoms with Gasteiger partial charge in [-0.05, 0) is 65.7 Å². The first-order chi connectivity index (χ1) is 16.7. The van der Waals surface area contributed by atoms with Crippen LogP contribution in [0.25, 0.3) is 0 Å². The smallest absolute Gasteiger partial charge is 0.408 e. The van der Waals surface area contributed by atoms with Gasteiger partial charge in [-0.25, -0.2) is 4.79 Å². The molecule has 4 N–H and O–H groups in total. The molecule has 0 saturated heterocycles. The second-order valence-electron chi connectivity index (χ2n) is 11.1. The maximum Gasteiger partial charge on any atom is 0.408 e. The van der Waals surface area contributed by atoms with Gasteiger partial charge in [0, 0.05) is 12.1 Å². The summed E-state index contributed by atoms with van der Waals surface area (Å²) in [5.74, 6) is -1.08. The van der Waals surface area contributed by atoms with Gasteiger partial charge >= 0.3 is 6.09 Å². The molecule has 3 amide bonds. The maximum atomic E-state index is 13.7. The Balaban J connectivity index is 3.39. The van der Waals surface area contributed by atoms with E-state index in [2.05, 4.69) is 17.6 Å². The minimum absolute atomic E-state index is 0.0398. The van der Waals surface area contributed by atoms with Crippen molar-refractivity contribution in [2.24, 2.45) is 0 Å². The number of nitrogens with zero attached hydrogens (tertiary/aromatic N) is 1. The van der Waals surface area contributed by atoms with E-state index in [0.717, 1.165) is 25.7 Å². The number of carbonyl (C=O) groups is 3. The lowest BCUT2D eigenvalue weighted by molar-refractivity contribution is -0.144. The topological polar surface area (TPSA) is 128 Å². The third-order valence-electron chi connectivity index (χ3n) is 5.20. The maximum absolute atomic E-state index is 13.7. The number of aliphatic hydroxyl groups is 1. The predicted molar refractivity (Wildman–Crippen MR) is 139 cm³/mol. The molecule has 36 heavy (non-hydrogen) atoms. The summed E-state index contributed by atoms with van der Waals surface area (Å²) in [7, 11) is 0. The molecular weight excluding hydrogens is 462 g/mol. The van der Waals surface area contributed by atoms with Crippen molar-refractivity contribution in [3.63, 3.8) is 0 Å². The summed E-state index contributed by atoms with van der Waals surface area (Å²) in [6.07, 6.45) is 3.76. The molecule has 0 radical (unpaired) electrons. The van der Waals surface area contributed by atoms with Crippen LogP contribution >= 0.6 is 0 Å². The molecule has 9 nitrogen and oxygen atoms in total. The van der Waals surface area contributed by atoms with Crippen LogP contribution in [0.1, 0.15) is 92.2 Å². The summed E-state index contributed by atoms with van der Waals surface area (Å²) in [5, 5.41) is 25.5. The van der Waals surface area contributed by atoms with Gasteiger partial charge in [-0.3, -0.25) is 9.59 Å². The van der Waals surface area contributed by atoms with Gasteiger partial charge in [0.2, 0.25) is 11.8 Å². The van der Waals surface area contributed by atoms with E-state index in [4.69, 9.17) is 4.74 Å². The first kappa shape index (κ1) is 31.2. The number of benzene rings is 1. The van der Waals surface area contributed by atoms with Gasteiger partial charge in [-0.1, -0.05) is 44.7 Å². The molecule has 1 rings (SSSR count). The fourth-order valence-electron chi connectivity index (χ4n) is 3.69. The second kappa shape index (κ2) is 14.1. The molecular formula is C27H45N3O6. The van der Waals surface area contributed by atoms with Gasteiger partial charge in [0.15, 0.2) is 0 Å². The van der Waals surface area contributed by atoms with Gasteiger partial charge in [0.1, 0.15) is 23.4 Å². The summed E-state index contributed by atoms with van der Waals surface area (Å²) in [4.78, 5) is 41.0. The summed E-state index contributed by atoms with van der Waals surface area (Å²) >= 11 is 0. The number of phenolic OH excluding ortho intramolecular Hbond substituents is 1. The molecule has 0 saturated carbocycles. The van der Waals surface area contributed by atoms with Crippen LogP contribution in [0.3, 0.4) is 0 Å². The number of aliphatic hydroxyl groups excluding tert-OH is 1. The van der Waals surface area contributed by atoms with Crippen molar-refractivity contribution in [3.8, 4) is 5.75 Å². The van der Waals surface area contributed by atoms with E-state index < -0.39 is 47.7 Å². The zero-order chi connectivity index (χ0) is 27.5. The third-order valence-corrected chi connectivity index (χ3v) is 5.20. The van der Waals surface area contributed by atoms with Gasteiger partial charge < -0.3 is 30.5 Å². The van der Waals surface area contributed by atoms with E-state index in [0.29, 0.717) is 12.0 Å². The second-order valence-corrected chi connectivity index (χ2v) is 11.1. The van der Waals surface area contributed by atoms with Crippen molar-refractivity contribution in [3.05, 3.63) is 29.8 Å². The lowest BCUT2D eigenvalue weighted by atomic mass is 10.00. The molecule has 0 aliphatic carbocycles. The molecule has 2 unspecified atom stereocenters. The van der Waals surface area contributed by atoms with Crippen LogP contribution < -0.4 is 10.6 Å². The Hall–Kier alpha value is -2.81. The van der Waals surface area contributed by atoms with Crippen molar-refractivity contribution >= 4 is 17.9 Å². The molecule has 1 aromatic carbocycles. The van der Waals surface area contributed by atoms with Crippen molar-refractivity contribution in [2.75, 3.05) is 13.2 Å². The summed E-state index contributed by atoms with van der Waals surface area (Å²) in [5.41, 5.74) is -0.941. The molecule has 9 heteroatoms. The van der Waals surface area contributed by atoms with E-state index in [-0.39, 0.29) is 12.3 Å². The number of ether oxygens (including phenoxy) is 1. The molecule has 0 aliphatic rings. The van der Waals surface area contributed by atoms with E-state index >= 15 is 0 Å². The Kier molecular flexibility index (Phi) is 12.2. The standard InChI is InChI=1S/C27H45N3O6/c1-8-9-10-11-12-16-30(24(34)21(18-31)28-25(35)36-27(5,6)7)22(23(33)29-26(2,3)4)19-14-13-15-20(32)17-19/h13-15,17,21-22,31-32H,8-12,16,18H2,1-7H3,(H,28,35)(H,29,33). The summed E-state index contributed by atoms with van der Waals surface area (Å²) < 4.78 is 5.26. The number of aromatic hydroxyl groups is 1. The molecule has 0 aliphatic heterocycles. The zero-order valence-electron chi connectivity index (χ0n) is 22.9. The SMILES string of the molecule is CCCCCCCN(C(=O)C(CO)NC(=O)OC(C)(C)C)C(C(=O)NC(C)(C)C)c1cccc(O)c1. The number of amides is 3. The highest BCUT2D eigenvalue weighted by molar-refractivity contribution is 5.92. The van der Waals surface area contributed by atoms with E-state index in [1.807, 2.05) is 20.8 Å². The average Bonchev–Trinajstić information content (AvgIpc) is 2.73. The minimum Gasteiger partial charge on any atom is -0.508 e. The highest BCUT2D eigenvalue weighted by atomic mass is 16.6. The van der Waals surface area contributed by atoms with Gasteiger partial charge in [-0.2, -0.15) is 0 Å². The van der Waals surface area contributed by atoms with Crippen LogP contribution in [0, 0.1) is 0 Å². The van der Waals surface area contributed by atoms with Crippen LogP contribution in [0.2, 0.25) is 0 Å². The van der Waals surface area contributed by atoms with Crippen LogP contribution in [0.5, 0.6) is 5.75 Å². The van der Waals surface area contributed by atoms with Crippen molar-refractivity contribution in [1.29, 1.82) is 0 Å². The lowest BCUT2D eigenvalue weighted by Crippen LogP contribution is -2.55. The number of rotatable bonds is 12. The van der Waals surface area contributed by atoms with Crippen molar-refractivity contribution in [1.82, 2.24) is 15.5 Å². The molecule has 0 aromatic heterocycles. The average molecular weight is 508 g/mol. The normalized spacial score (nSPS) is 13.4. The minimum atomic E-state index is -1.31. The van der Waals surface area contributed by atoms with E-state index in [9.17, 15) is 24.6 Å². The van der Waals surface area contributed by atoms with E-state index in [1.54, 1.807) is 32.9 Å². The predicted octanol–water partition coefficient (Wildman–Crippen LogP) is 4.03. The third kappa shape index (κ3) is 11.3. The molecule has 204 valence electrons. The number of hydrogen-bond acceptors (Lipinski definition) is 6. The number of unbranched alkanes of at least 4 members (excludes halogenated alkanes) is 4. The first-order valence-electron chi connectivity index (χ1n) is 12.7. The highest BCUT2D eigenvalue weighted by Gasteiger charge is 2.37. The largest absolute Gasteiger partial charge is 0.508 e. The first-order valence-corrected chi connectivity index (χ1v) is 12.7. The Bertz CT molecular complexity index is 860. The lowest BCUT2D eigenvalue weighted by Gasteiger charge is -2.35. The van der Waals surface area contributed by atoms with E-state index in [1.165, 1.54) is 17.0 Å². The number of alkyl carbamates (subject to hydrolysis) is 1. The number of phenols is 1. The Labute approximate surface area is 215 Å². The van der Waals surface area contributed by atoms with Crippen LogP contribution in [0.4, 0.5) is 4.79 Å². The summed E-state index contributed by atoms with van der Waals surface area (Å²) in [6, 6.07) is 3.81. The van der Waals surface area contributed by atoms with Gasteiger partial charge in [0.05, 0.1) is 6.61 Å². The molecule has 0 spiro atoms. The van der Waals surface area contributed by atoms with Crippen LogP contribution in [-0.4, -0.2) is 63.4 Å². The zero-order valence-corrected chi connectivity index (χ0v) is 22.9. The quantitative estimate of drug-likeness (QED) is 0.316. The highest BCUT2D eigenvalue weighted by Crippen LogP contribution is 2.27. The van der Waals surface area contributed by atoms with Crippen molar-refractivity contribution < 1.29 is 29.3 Å². The van der Waals surface area contributed by atoms with Crippen LogP contribution in [0.15, 0.2) is 24.3 Å². The van der Waals surface area contributed by atoms with Gasteiger partial charge in [0.25, 0.3) is 0 Å². The fraction of sp³-hybridized carbons (Fsp3) is 0.667. The van der Waals surface area contributed by atoms with Crippen molar-refractivity contribution in [2.45, 2.75) is 104 Å². The molecule has 0 bridgehead atoms. The Morgan fingerprint density at radius 3 is 2.19 bits per heavy atom. The molecule has 2 atom stereocenters. The Morgan fingerprint density at radius 2 is 1.67 bits per heavy atom. The molecule has 0 fully saturated rings. The fourth-order valence-corrected chi connectivity index (χ4v) is 3.69. The Morgan fingerprint density at radius 1 is 1.03 bits per heavy atom. The number of hydrogen-bond donors (Lipinski definition) is 4. The summed E-state index contributed by atoms with van der Waals surface area (Å²) in [6.45, 7) is 12.3.